The summed E-state index contributed by atoms with van der Waals surface area (Å²) in [4.78, 5) is 2.33. The molecule has 0 N–H and O–H groups in total. The van der Waals surface area contributed by atoms with Gasteiger partial charge in [-0.1, -0.05) is 18.2 Å². The lowest BCUT2D eigenvalue weighted by Crippen LogP contribution is -2.25. The monoisotopic (exact) mass is 254 g/mol. The van der Waals surface area contributed by atoms with Crippen LogP contribution in [0.25, 0.3) is 10.9 Å². The minimum Gasteiger partial charge on any atom is -0.339 e. The predicted octanol–water partition coefficient (Wildman–Crippen LogP) is 3.18. The second-order valence-electron chi connectivity index (χ2n) is 6.44. The van der Waals surface area contributed by atoms with Gasteiger partial charge < -0.3 is 9.47 Å². The molecule has 0 saturated carbocycles. The van der Waals surface area contributed by atoms with Crippen molar-refractivity contribution in [2.45, 2.75) is 38.1 Å². The topological polar surface area (TPSA) is 8.17 Å². The van der Waals surface area contributed by atoms with E-state index in [4.69, 9.17) is 0 Å². The van der Waals surface area contributed by atoms with Crippen molar-refractivity contribution >= 4 is 10.9 Å². The SMILES string of the molecule is CN(C)C[C@@H]1Cc2cccc3c4c(n1c23)CCCC4. The van der Waals surface area contributed by atoms with Crippen LogP contribution in [0.1, 0.15) is 35.7 Å². The molecule has 1 aromatic heterocycles. The standard InChI is InChI=1S/C17H22N2/c1-18(2)11-13-10-12-6-5-8-15-14-7-3-4-9-16(14)19(13)17(12)15/h5-6,8,13H,3-4,7,9-11H2,1-2H3/t13-/m0/s1. The van der Waals surface area contributed by atoms with E-state index in [1.807, 2.05) is 0 Å². The van der Waals surface area contributed by atoms with Gasteiger partial charge in [0.2, 0.25) is 0 Å². The molecule has 2 aromatic rings. The summed E-state index contributed by atoms with van der Waals surface area (Å²) >= 11 is 0. The van der Waals surface area contributed by atoms with Crippen LogP contribution < -0.4 is 0 Å². The number of benzene rings is 1. The molecule has 19 heavy (non-hydrogen) atoms. The van der Waals surface area contributed by atoms with Gasteiger partial charge in [-0.05, 0) is 57.3 Å². The van der Waals surface area contributed by atoms with Crippen molar-refractivity contribution in [3.63, 3.8) is 0 Å². The van der Waals surface area contributed by atoms with Crippen molar-refractivity contribution < 1.29 is 0 Å². The number of likely N-dealkylation sites (N-methyl/N-ethyl adjacent to an activating group) is 1. The van der Waals surface area contributed by atoms with Crippen molar-refractivity contribution in [2.75, 3.05) is 20.6 Å². The molecule has 0 spiro atoms. The fourth-order valence-electron chi connectivity index (χ4n) is 4.18. The maximum absolute atomic E-state index is 2.69. The maximum Gasteiger partial charge on any atom is 0.0521 e. The van der Waals surface area contributed by atoms with Crippen molar-refractivity contribution in [2.24, 2.45) is 0 Å². The number of rotatable bonds is 2. The molecular weight excluding hydrogens is 232 g/mol. The quantitative estimate of drug-likeness (QED) is 0.799. The molecule has 0 unspecified atom stereocenters. The third-order valence-corrected chi connectivity index (χ3v) is 4.81. The van der Waals surface area contributed by atoms with Gasteiger partial charge in [0.15, 0.2) is 0 Å². The summed E-state index contributed by atoms with van der Waals surface area (Å²) in [6, 6.07) is 7.59. The maximum atomic E-state index is 2.69. The highest BCUT2D eigenvalue weighted by Crippen LogP contribution is 2.41. The highest BCUT2D eigenvalue weighted by molar-refractivity contribution is 5.90. The first-order chi connectivity index (χ1) is 9.25. The second-order valence-corrected chi connectivity index (χ2v) is 6.44. The average Bonchev–Trinajstić information content (AvgIpc) is 2.91. The summed E-state index contributed by atoms with van der Waals surface area (Å²) in [5.74, 6) is 0. The molecule has 2 aliphatic rings. The molecule has 2 heteroatoms. The molecule has 0 amide bonds. The Kier molecular flexibility index (Phi) is 2.49. The van der Waals surface area contributed by atoms with E-state index in [2.05, 4.69) is 41.8 Å². The zero-order valence-electron chi connectivity index (χ0n) is 11.9. The first-order valence-electron chi connectivity index (χ1n) is 7.54. The molecule has 100 valence electrons. The Labute approximate surface area is 115 Å². The lowest BCUT2D eigenvalue weighted by atomic mass is 9.94. The molecule has 0 radical (unpaired) electrons. The van der Waals surface area contributed by atoms with Crippen LogP contribution in [0.15, 0.2) is 18.2 Å². The molecule has 1 aromatic carbocycles. The first kappa shape index (κ1) is 11.5. The summed E-state index contributed by atoms with van der Waals surface area (Å²) in [7, 11) is 4.38. The molecule has 0 fully saturated rings. The number of nitrogens with zero attached hydrogens (tertiary/aromatic N) is 2. The minimum atomic E-state index is 0.650. The van der Waals surface area contributed by atoms with E-state index in [0.717, 1.165) is 6.54 Å². The van der Waals surface area contributed by atoms with Gasteiger partial charge in [-0.2, -0.15) is 0 Å². The summed E-state index contributed by atoms with van der Waals surface area (Å²) in [6.07, 6.45) is 6.53. The molecule has 2 nitrogen and oxygen atoms in total. The first-order valence-corrected chi connectivity index (χ1v) is 7.54. The van der Waals surface area contributed by atoms with Crippen LogP contribution in [0.5, 0.6) is 0 Å². The number of hydrogen-bond acceptors (Lipinski definition) is 1. The largest absolute Gasteiger partial charge is 0.339 e. The van der Waals surface area contributed by atoms with Gasteiger partial charge >= 0.3 is 0 Å². The normalized spacial score (nSPS) is 21.3. The lowest BCUT2D eigenvalue weighted by molar-refractivity contribution is 0.328. The summed E-state index contributed by atoms with van der Waals surface area (Å²) in [5, 5.41) is 1.55. The predicted molar refractivity (Wildman–Crippen MR) is 79.9 cm³/mol. The average molecular weight is 254 g/mol. The van der Waals surface area contributed by atoms with Crippen molar-refractivity contribution in [1.82, 2.24) is 9.47 Å². The molecule has 0 bridgehead atoms. The zero-order chi connectivity index (χ0) is 13.0. The van der Waals surface area contributed by atoms with E-state index in [-0.39, 0.29) is 0 Å². The highest BCUT2D eigenvalue weighted by Gasteiger charge is 2.30. The second kappa shape index (κ2) is 4.11. The molecule has 4 rings (SSSR count). The molecule has 0 saturated heterocycles. The zero-order valence-corrected chi connectivity index (χ0v) is 11.9. The van der Waals surface area contributed by atoms with E-state index >= 15 is 0 Å². The van der Waals surface area contributed by atoms with Crippen LogP contribution >= 0.6 is 0 Å². The van der Waals surface area contributed by atoms with Crippen LogP contribution in [-0.2, 0) is 19.3 Å². The Bertz CT molecular complexity index is 636. The van der Waals surface area contributed by atoms with Gasteiger partial charge in [-0.25, -0.2) is 0 Å². The van der Waals surface area contributed by atoms with Crippen molar-refractivity contribution in [3.05, 3.63) is 35.0 Å². The molecule has 1 aliphatic carbocycles. The summed E-state index contributed by atoms with van der Waals surface area (Å²) < 4.78 is 2.69. The highest BCUT2D eigenvalue weighted by atomic mass is 15.1. The van der Waals surface area contributed by atoms with E-state index in [0.29, 0.717) is 6.04 Å². The van der Waals surface area contributed by atoms with Crippen LogP contribution in [0.3, 0.4) is 0 Å². The number of aryl methyl sites for hydroxylation is 1. The fraction of sp³-hybridized carbons (Fsp3) is 0.529. The van der Waals surface area contributed by atoms with Crippen LogP contribution in [0.2, 0.25) is 0 Å². The van der Waals surface area contributed by atoms with Crippen molar-refractivity contribution in [3.8, 4) is 0 Å². The third-order valence-electron chi connectivity index (χ3n) is 4.81. The van der Waals surface area contributed by atoms with E-state index in [1.165, 1.54) is 32.1 Å². The van der Waals surface area contributed by atoms with Gasteiger partial charge in [0.25, 0.3) is 0 Å². The summed E-state index contributed by atoms with van der Waals surface area (Å²) in [6.45, 7) is 1.16. The van der Waals surface area contributed by atoms with Crippen LogP contribution in [0.4, 0.5) is 0 Å². The smallest absolute Gasteiger partial charge is 0.0521 e. The number of para-hydroxylation sites is 1. The van der Waals surface area contributed by atoms with E-state index in [1.54, 1.807) is 27.7 Å². The van der Waals surface area contributed by atoms with Gasteiger partial charge in [0.1, 0.15) is 0 Å². The third kappa shape index (κ3) is 1.59. The number of hydrogen-bond donors (Lipinski definition) is 0. The Balaban J connectivity index is 1.95. The Hall–Kier alpha value is -1.28. The van der Waals surface area contributed by atoms with Gasteiger partial charge in [0, 0.05) is 17.6 Å². The van der Waals surface area contributed by atoms with E-state index in [9.17, 15) is 0 Å². The van der Waals surface area contributed by atoms with Gasteiger partial charge in [-0.15, -0.1) is 0 Å². The Morgan fingerprint density at radius 1 is 1.21 bits per heavy atom. The van der Waals surface area contributed by atoms with Crippen LogP contribution in [-0.4, -0.2) is 30.1 Å². The van der Waals surface area contributed by atoms with Crippen molar-refractivity contribution in [1.29, 1.82) is 0 Å². The minimum absolute atomic E-state index is 0.650. The number of fused-ring (bicyclic) bond motifs is 3. The van der Waals surface area contributed by atoms with Gasteiger partial charge in [-0.3, -0.25) is 0 Å². The van der Waals surface area contributed by atoms with E-state index < -0.39 is 0 Å². The fourth-order valence-corrected chi connectivity index (χ4v) is 4.18. The Morgan fingerprint density at radius 2 is 2.05 bits per heavy atom. The molecule has 1 aliphatic heterocycles. The number of aromatic nitrogens is 1. The molecule has 2 heterocycles. The Morgan fingerprint density at radius 3 is 2.89 bits per heavy atom. The summed E-state index contributed by atoms with van der Waals surface area (Å²) in [5.41, 5.74) is 6.43. The molecular formula is C17H22N2. The molecule has 1 atom stereocenters. The van der Waals surface area contributed by atoms with Crippen LogP contribution in [0, 0.1) is 0 Å². The van der Waals surface area contributed by atoms with Gasteiger partial charge in [0.05, 0.1) is 11.6 Å². The lowest BCUT2D eigenvalue weighted by Gasteiger charge is -2.23.